The van der Waals surface area contributed by atoms with Crippen LogP contribution in [0.2, 0.25) is 0 Å². The van der Waals surface area contributed by atoms with E-state index in [-0.39, 0.29) is 18.8 Å². The predicted octanol–water partition coefficient (Wildman–Crippen LogP) is 2.59. The minimum Gasteiger partial charge on any atom is -0.486 e. The van der Waals surface area contributed by atoms with Crippen molar-refractivity contribution in [2.24, 2.45) is 0 Å². The van der Waals surface area contributed by atoms with Crippen LogP contribution >= 0.6 is 0 Å². The third kappa shape index (κ3) is 7.82. The third-order valence-electron chi connectivity index (χ3n) is 3.06. The van der Waals surface area contributed by atoms with Gasteiger partial charge in [-0.3, -0.25) is 20.4 Å². The van der Waals surface area contributed by atoms with Crippen LogP contribution in [0.4, 0.5) is 13.2 Å². The monoisotopic (exact) mass is 386 g/mol. The van der Waals surface area contributed by atoms with E-state index in [2.05, 4.69) is 15.6 Å². The van der Waals surface area contributed by atoms with Crippen LogP contribution in [0.25, 0.3) is 0 Å². The van der Waals surface area contributed by atoms with Crippen molar-refractivity contribution in [1.29, 1.82) is 0 Å². The summed E-state index contributed by atoms with van der Waals surface area (Å²) < 4.78 is 50.7. The van der Waals surface area contributed by atoms with Gasteiger partial charge in [-0.15, -0.1) is 0 Å². The fourth-order valence-electron chi connectivity index (χ4n) is 1.85. The molecule has 1 aromatic carbocycles. The molecular weight excluding hydrogens is 369 g/mol. The van der Waals surface area contributed by atoms with Gasteiger partial charge < -0.3 is 13.9 Å². The molecule has 0 aliphatic rings. The molecule has 2 N–H and O–H groups in total. The van der Waals surface area contributed by atoms with Crippen LogP contribution in [0.15, 0.2) is 46.9 Å². The first kappa shape index (κ1) is 20.3. The summed E-state index contributed by atoms with van der Waals surface area (Å²) in [4.78, 5) is 23.3. The molecule has 2 aromatic rings. The van der Waals surface area contributed by atoms with Crippen LogP contribution in [0.5, 0.6) is 5.75 Å². The molecule has 10 heteroatoms. The second kappa shape index (κ2) is 9.62. The molecule has 27 heavy (non-hydrogen) atoms. The van der Waals surface area contributed by atoms with Crippen molar-refractivity contribution in [1.82, 2.24) is 10.9 Å². The smallest absolute Gasteiger partial charge is 0.411 e. The first-order chi connectivity index (χ1) is 12.8. The van der Waals surface area contributed by atoms with Crippen molar-refractivity contribution in [3.63, 3.8) is 0 Å². The van der Waals surface area contributed by atoms with Crippen LogP contribution < -0.4 is 15.6 Å². The maximum atomic E-state index is 11.9. The van der Waals surface area contributed by atoms with Gasteiger partial charge in [-0.05, 0) is 24.3 Å². The number of para-hydroxylation sites is 1. The summed E-state index contributed by atoms with van der Waals surface area (Å²) in [5, 5.41) is 0. The molecule has 0 spiro atoms. The lowest BCUT2D eigenvalue weighted by atomic mass is 10.3. The Labute approximate surface area is 152 Å². The Morgan fingerprint density at radius 3 is 2.48 bits per heavy atom. The van der Waals surface area contributed by atoms with Gasteiger partial charge in [0.15, 0.2) is 5.76 Å². The minimum atomic E-state index is -4.45. The van der Waals surface area contributed by atoms with Crippen LogP contribution in [0.1, 0.15) is 22.7 Å². The number of amides is 2. The van der Waals surface area contributed by atoms with E-state index in [1.54, 1.807) is 18.2 Å². The maximum Gasteiger partial charge on any atom is 0.411 e. The molecule has 1 aromatic heterocycles. The number of hydrogen-bond acceptors (Lipinski definition) is 5. The van der Waals surface area contributed by atoms with Gasteiger partial charge in [0.2, 0.25) is 5.91 Å². The number of benzene rings is 1. The summed E-state index contributed by atoms with van der Waals surface area (Å²) in [7, 11) is 0. The molecule has 7 nitrogen and oxygen atoms in total. The number of hydrogen-bond donors (Lipinski definition) is 2. The Kier molecular flexibility index (Phi) is 7.24. The van der Waals surface area contributed by atoms with Crippen molar-refractivity contribution < 1.29 is 36.7 Å². The van der Waals surface area contributed by atoms with Gasteiger partial charge in [0.25, 0.3) is 0 Å². The van der Waals surface area contributed by atoms with Gasteiger partial charge in [0.05, 0.1) is 13.0 Å². The zero-order valence-corrected chi connectivity index (χ0v) is 14.0. The molecule has 0 atom stereocenters. The van der Waals surface area contributed by atoms with Gasteiger partial charge in [-0.1, -0.05) is 18.2 Å². The van der Waals surface area contributed by atoms with Gasteiger partial charge in [-0.2, -0.15) is 13.2 Å². The number of alkyl halides is 3. The van der Waals surface area contributed by atoms with Gasteiger partial charge in [-0.25, -0.2) is 0 Å². The minimum absolute atomic E-state index is 0.0599. The molecule has 0 aliphatic heterocycles. The number of furan rings is 1. The SMILES string of the molecule is O=C(CCOCC(F)(F)F)NNC(=O)c1ccc(COc2ccccc2)o1. The lowest BCUT2D eigenvalue weighted by Gasteiger charge is -2.08. The van der Waals surface area contributed by atoms with Crippen LogP contribution in [-0.2, 0) is 16.1 Å². The molecule has 0 unspecified atom stereocenters. The van der Waals surface area contributed by atoms with Crippen molar-refractivity contribution in [2.75, 3.05) is 13.2 Å². The number of ether oxygens (including phenoxy) is 2. The molecule has 0 saturated heterocycles. The van der Waals surface area contributed by atoms with Crippen LogP contribution in [0, 0.1) is 0 Å². The Bertz CT molecular complexity index is 747. The molecule has 2 rings (SSSR count). The van der Waals surface area contributed by atoms with E-state index in [9.17, 15) is 22.8 Å². The summed E-state index contributed by atoms with van der Waals surface area (Å²) in [6.07, 6.45) is -4.80. The number of nitrogens with one attached hydrogen (secondary N) is 2. The zero-order valence-electron chi connectivity index (χ0n) is 14.0. The second-order valence-corrected chi connectivity index (χ2v) is 5.29. The second-order valence-electron chi connectivity index (χ2n) is 5.29. The quantitative estimate of drug-likeness (QED) is 0.538. The fraction of sp³-hybridized carbons (Fsp3) is 0.294. The average molecular weight is 386 g/mol. The normalized spacial score (nSPS) is 11.1. The summed E-state index contributed by atoms with van der Waals surface area (Å²) in [6.45, 7) is -1.75. The summed E-state index contributed by atoms with van der Waals surface area (Å²) in [6, 6.07) is 12.0. The average Bonchev–Trinajstić information content (AvgIpc) is 3.11. The summed E-state index contributed by atoms with van der Waals surface area (Å²) in [5.41, 5.74) is 4.15. The number of carbonyl (C=O) groups excluding carboxylic acids is 2. The fourth-order valence-corrected chi connectivity index (χ4v) is 1.85. The lowest BCUT2D eigenvalue weighted by Crippen LogP contribution is -2.41. The molecule has 2 amide bonds. The van der Waals surface area contributed by atoms with Gasteiger partial charge in [0.1, 0.15) is 24.7 Å². The number of halogens is 3. The maximum absolute atomic E-state index is 11.9. The molecule has 1 heterocycles. The van der Waals surface area contributed by atoms with E-state index in [0.29, 0.717) is 11.5 Å². The topological polar surface area (TPSA) is 89.8 Å². The van der Waals surface area contributed by atoms with Gasteiger partial charge >= 0.3 is 12.1 Å². The highest BCUT2D eigenvalue weighted by Crippen LogP contribution is 2.15. The highest BCUT2D eigenvalue weighted by molar-refractivity contribution is 5.92. The molecule has 0 aliphatic carbocycles. The summed E-state index contributed by atoms with van der Waals surface area (Å²) >= 11 is 0. The van der Waals surface area contributed by atoms with E-state index in [1.807, 2.05) is 18.2 Å². The molecule has 0 fully saturated rings. The first-order valence-electron chi connectivity index (χ1n) is 7.84. The zero-order chi connectivity index (χ0) is 19.7. The van der Waals surface area contributed by atoms with Crippen LogP contribution in [0.3, 0.4) is 0 Å². The van der Waals surface area contributed by atoms with Crippen molar-refractivity contribution in [3.05, 3.63) is 54.0 Å². The Morgan fingerprint density at radius 2 is 1.78 bits per heavy atom. The van der Waals surface area contributed by atoms with Crippen molar-refractivity contribution >= 4 is 11.8 Å². The highest BCUT2D eigenvalue weighted by Gasteiger charge is 2.27. The molecular formula is C17H17F3N2O5. The molecule has 146 valence electrons. The van der Waals surface area contributed by atoms with Crippen molar-refractivity contribution in [2.45, 2.75) is 19.2 Å². The lowest BCUT2D eigenvalue weighted by molar-refractivity contribution is -0.174. The Hall–Kier alpha value is -3.01. The van der Waals surface area contributed by atoms with E-state index >= 15 is 0 Å². The van der Waals surface area contributed by atoms with E-state index < -0.39 is 31.2 Å². The first-order valence-corrected chi connectivity index (χ1v) is 7.84. The molecule has 0 radical (unpaired) electrons. The molecule has 0 bridgehead atoms. The third-order valence-corrected chi connectivity index (χ3v) is 3.06. The number of rotatable bonds is 8. The Morgan fingerprint density at radius 1 is 1.04 bits per heavy atom. The van der Waals surface area contributed by atoms with E-state index in [1.165, 1.54) is 6.07 Å². The number of carbonyl (C=O) groups is 2. The van der Waals surface area contributed by atoms with E-state index in [4.69, 9.17) is 9.15 Å². The summed E-state index contributed by atoms with van der Waals surface area (Å²) in [5.74, 6) is -0.443. The predicted molar refractivity (Wildman–Crippen MR) is 86.6 cm³/mol. The molecule has 0 saturated carbocycles. The Balaban J connectivity index is 1.68. The number of hydrazine groups is 1. The standard InChI is InChI=1S/C17H17F3N2O5/c18-17(19,20)11-25-9-8-15(23)21-22-16(24)14-7-6-13(27-14)10-26-12-4-2-1-3-5-12/h1-7H,8-11H2,(H,21,23)(H,22,24). The highest BCUT2D eigenvalue weighted by atomic mass is 19.4. The van der Waals surface area contributed by atoms with Crippen LogP contribution in [-0.4, -0.2) is 31.2 Å². The largest absolute Gasteiger partial charge is 0.486 e. The van der Waals surface area contributed by atoms with Crippen molar-refractivity contribution in [3.8, 4) is 5.75 Å². The van der Waals surface area contributed by atoms with E-state index in [0.717, 1.165) is 0 Å². The van der Waals surface area contributed by atoms with Gasteiger partial charge in [0, 0.05) is 0 Å².